The predicted molar refractivity (Wildman–Crippen MR) is 93.9 cm³/mol. The molecule has 0 spiro atoms. The average Bonchev–Trinajstić information content (AvgIpc) is 3.14. The maximum absolute atomic E-state index is 13.4. The lowest BCUT2D eigenvalue weighted by Crippen LogP contribution is -2.47. The Morgan fingerprint density at radius 2 is 1.71 bits per heavy atom. The molecule has 0 saturated carbocycles. The van der Waals surface area contributed by atoms with Crippen LogP contribution in [-0.4, -0.2) is 41.1 Å². The van der Waals surface area contributed by atoms with Crippen LogP contribution in [0.5, 0.6) is 5.75 Å². The van der Waals surface area contributed by atoms with E-state index in [2.05, 4.69) is 0 Å². The number of ether oxygens (including phenoxy) is 1. The highest BCUT2D eigenvalue weighted by molar-refractivity contribution is 5.96. The number of carboxylic acid groups (broad SMARTS) is 1. The van der Waals surface area contributed by atoms with E-state index in [4.69, 9.17) is 9.84 Å². The van der Waals surface area contributed by atoms with E-state index in [1.165, 1.54) is 6.07 Å². The molecule has 0 radical (unpaired) electrons. The molecular weight excluding hydrogens is 375 g/mol. The second-order valence-electron chi connectivity index (χ2n) is 6.62. The smallest absolute Gasteiger partial charge is 0.406 e. The van der Waals surface area contributed by atoms with Gasteiger partial charge in [-0.2, -0.15) is 13.2 Å². The number of rotatable bonds is 5. The first kappa shape index (κ1) is 19.7. The van der Waals surface area contributed by atoms with Crippen molar-refractivity contribution in [2.24, 2.45) is 5.41 Å². The van der Waals surface area contributed by atoms with Crippen molar-refractivity contribution in [3.8, 4) is 5.75 Å². The van der Waals surface area contributed by atoms with Crippen LogP contribution in [0.4, 0.5) is 13.2 Å². The van der Waals surface area contributed by atoms with Gasteiger partial charge >= 0.3 is 12.1 Å². The van der Waals surface area contributed by atoms with E-state index < -0.39 is 36.4 Å². The number of carbonyl (C=O) groups excluding carboxylic acids is 1. The maximum Gasteiger partial charge on any atom is 0.406 e. The fourth-order valence-corrected chi connectivity index (χ4v) is 3.21. The second kappa shape index (κ2) is 7.53. The Hall–Kier alpha value is -3.03. The molecule has 1 aliphatic rings. The van der Waals surface area contributed by atoms with Crippen molar-refractivity contribution in [1.29, 1.82) is 0 Å². The third-order valence-corrected chi connectivity index (χ3v) is 4.89. The molecule has 2 aromatic carbocycles. The van der Waals surface area contributed by atoms with Gasteiger partial charge < -0.3 is 14.7 Å². The molecule has 5 nitrogen and oxygen atoms in total. The molecule has 28 heavy (non-hydrogen) atoms. The van der Waals surface area contributed by atoms with Gasteiger partial charge in [0.05, 0.1) is 0 Å². The van der Waals surface area contributed by atoms with Crippen molar-refractivity contribution in [1.82, 2.24) is 4.90 Å². The lowest BCUT2D eigenvalue weighted by molar-refractivity contribution is -0.227. The first-order valence-corrected chi connectivity index (χ1v) is 8.60. The highest BCUT2D eigenvalue weighted by Gasteiger charge is 2.64. The van der Waals surface area contributed by atoms with Gasteiger partial charge in [-0.15, -0.1) is 0 Å². The van der Waals surface area contributed by atoms with E-state index in [0.717, 1.165) is 4.90 Å². The Kier molecular flexibility index (Phi) is 5.31. The minimum Gasteiger partial charge on any atom is -0.489 e. The number of amides is 1. The van der Waals surface area contributed by atoms with Gasteiger partial charge in [-0.25, -0.2) is 0 Å². The minimum absolute atomic E-state index is 0.0586. The van der Waals surface area contributed by atoms with E-state index >= 15 is 0 Å². The third-order valence-electron chi connectivity index (χ3n) is 4.89. The summed E-state index contributed by atoms with van der Waals surface area (Å²) in [6, 6.07) is 15.3. The van der Waals surface area contributed by atoms with Crippen LogP contribution in [0.15, 0.2) is 54.6 Å². The highest BCUT2D eigenvalue weighted by Crippen LogP contribution is 2.46. The van der Waals surface area contributed by atoms with Crippen molar-refractivity contribution in [3.05, 3.63) is 65.7 Å². The molecule has 1 atom stereocenters. The third kappa shape index (κ3) is 3.67. The summed E-state index contributed by atoms with van der Waals surface area (Å²) in [5.41, 5.74) is -2.23. The van der Waals surface area contributed by atoms with E-state index in [1.54, 1.807) is 42.5 Å². The second-order valence-corrected chi connectivity index (χ2v) is 6.62. The lowest BCUT2D eigenvalue weighted by Gasteiger charge is -2.27. The van der Waals surface area contributed by atoms with Crippen LogP contribution >= 0.6 is 0 Å². The number of nitrogens with zero attached hydrogens (tertiary/aromatic N) is 1. The molecule has 1 saturated heterocycles. The Morgan fingerprint density at radius 1 is 1.07 bits per heavy atom. The van der Waals surface area contributed by atoms with Crippen LogP contribution in [0.1, 0.15) is 22.3 Å². The van der Waals surface area contributed by atoms with Crippen molar-refractivity contribution >= 4 is 11.9 Å². The minimum atomic E-state index is -4.94. The highest BCUT2D eigenvalue weighted by atomic mass is 19.4. The van der Waals surface area contributed by atoms with E-state index in [1.807, 2.05) is 6.07 Å². The summed E-state index contributed by atoms with van der Waals surface area (Å²) in [5.74, 6) is -2.01. The molecule has 1 amide bonds. The van der Waals surface area contributed by atoms with E-state index in [-0.39, 0.29) is 18.7 Å². The number of carbonyl (C=O) groups is 2. The van der Waals surface area contributed by atoms with E-state index in [0.29, 0.717) is 11.3 Å². The number of para-hydroxylation sites is 1. The largest absolute Gasteiger partial charge is 0.489 e. The van der Waals surface area contributed by atoms with Gasteiger partial charge in [0.15, 0.2) is 5.41 Å². The zero-order valence-corrected chi connectivity index (χ0v) is 14.8. The van der Waals surface area contributed by atoms with Crippen LogP contribution in [0, 0.1) is 5.41 Å². The fourth-order valence-electron chi connectivity index (χ4n) is 3.21. The molecule has 3 rings (SSSR count). The molecule has 2 aromatic rings. The number of hydrogen-bond acceptors (Lipinski definition) is 3. The first-order chi connectivity index (χ1) is 13.2. The summed E-state index contributed by atoms with van der Waals surface area (Å²) in [6.45, 7) is -1.12. The van der Waals surface area contributed by atoms with Gasteiger partial charge in [-0.3, -0.25) is 9.59 Å². The molecule has 0 aromatic heterocycles. The van der Waals surface area contributed by atoms with Gasteiger partial charge in [-0.1, -0.05) is 36.4 Å². The molecule has 1 heterocycles. The van der Waals surface area contributed by atoms with Crippen LogP contribution in [0.2, 0.25) is 0 Å². The average molecular weight is 393 g/mol. The fraction of sp³-hybridized carbons (Fsp3) is 0.300. The normalized spacial score (nSPS) is 19.5. The van der Waals surface area contributed by atoms with Gasteiger partial charge in [-0.05, 0) is 24.6 Å². The van der Waals surface area contributed by atoms with Crippen molar-refractivity contribution < 1.29 is 32.6 Å². The predicted octanol–water partition coefficient (Wildman–Crippen LogP) is 3.74. The number of carboxylic acids is 1. The lowest BCUT2D eigenvalue weighted by atomic mass is 9.86. The van der Waals surface area contributed by atoms with Crippen molar-refractivity contribution in [2.45, 2.75) is 19.2 Å². The molecule has 0 aliphatic carbocycles. The number of likely N-dealkylation sites (tertiary alicyclic amines) is 1. The van der Waals surface area contributed by atoms with Crippen LogP contribution < -0.4 is 4.74 Å². The summed E-state index contributed by atoms with van der Waals surface area (Å²) in [6.07, 6.45) is -5.61. The SMILES string of the molecule is O=C(c1ccccc1COc1ccccc1)N1CCC(C(=O)O)(C(F)(F)F)C1. The van der Waals surface area contributed by atoms with Crippen molar-refractivity contribution in [3.63, 3.8) is 0 Å². The zero-order valence-electron chi connectivity index (χ0n) is 14.8. The summed E-state index contributed by atoms with van der Waals surface area (Å²) in [7, 11) is 0. The zero-order chi connectivity index (χ0) is 20.4. The summed E-state index contributed by atoms with van der Waals surface area (Å²) in [5, 5.41) is 9.16. The molecule has 0 bridgehead atoms. The topological polar surface area (TPSA) is 66.8 Å². The van der Waals surface area contributed by atoms with Gasteiger partial charge in [0.1, 0.15) is 12.4 Å². The Bertz CT molecular complexity index is 869. The quantitative estimate of drug-likeness (QED) is 0.840. The molecule has 8 heteroatoms. The number of hydrogen-bond donors (Lipinski definition) is 1. The molecule has 1 fully saturated rings. The standard InChI is InChI=1S/C20H18F3NO4/c21-20(22,23)19(18(26)27)10-11-24(13-19)17(25)16-9-5-4-6-14(16)12-28-15-7-2-1-3-8-15/h1-9H,10-13H2,(H,26,27). The molecule has 1 aliphatic heterocycles. The van der Waals surface area contributed by atoms with Gasteiger partial charge in [0, 0.05) is 24.2 Å². The van der Waals surface area contributed by atoms with Crippen LogP contribution in [-0.2, 0) is 11.4 Å². The van der Waals surface area contributed by atoms with Gasteiger partial charge in [0.2, 0.25) is 0 Å². The van der Waals surface area contributed by atoms with Crippen LogP contribution in [0.3, 0.4) is 0 Å². The number of benzene rings is 2. The summed E-state index contributed by atoms with van der Waals surface area (Å²) < 4.78 is 45.7. The summed E-state index contributed by atoms with van der Waals surface area (Å²) in [4.78, 5) is 25.1. The van der Waals surface area contributed by atoms with Gasteiger partial charge in [0.25, 0.3) is 5.91 Å². The van der Waals surface area contributed by atoms with E-state index in [9.17, 15) is 22.8 Å². The number of aliphatic carboxylic acids is 1. The summed E-state index contributed by atoms with van der Waals surface area (Å²) >= 11 is 0. The number of halogens is 3. The monoisotopic (exact) mass is 393 g/mol. The molecular formula is C20H18F3NO4. The Labute approximate surface area is 159 Å². The Morgan fingerprint density at radius 3 is 2.32 bits per heavy atom. The molecule has 1 unspecified atom stereocenters. The molecule has 1 N–H and O–H groups in total. The maximum atomic E-state index is 13.4. The van der Waals surface area contributed by atoms with Crippen molar-refractivity contribution in [2.75, 3.05) is 13.1 Å². The molecule has 148 valence electrons. The van der Waals surface area contributed by atoms with Crippen LogP contribution in [0.25, 0.3) is 0 Å². The first-order valence-electron chi connectivity index (χ1n) is 8.60. The number of alkyl halides is 3. The Balaban J connectivity index is 1.79.